The molecular weight excluding hydrogens is 655 g/mol. The van der Waals surface area contributed by atoms with Crippen LogP contribution in [0.3, 0.4) is 0 Å². The van der Waals surface area contributed by atoms with Gasteiger partial charge in [-0.2, -0.15) is 0 Å². The zero-order chi connectivity index (χ0) is 35.8. The molecular formula is C51H33N3. The van der Waals surface area contributed by atoms with Crippen LogP contribution in [0.4, 0.5) is 0 Å². The highest BCUT2D eigenvalue weighted by molar-refractivity contribution is 6.25. The first-order chi connectivity index (χ1) is 26.8. The lowest BCUT2D eigenvalue weighted by Crippen LogP contribution is -1.94. The van der Waals surface area contributed by atoms with E-state index in [1.165, 1.54) is 16.2 Å². The van der Waals surface area contributed by atoms with Crippen LogP contribution < -0.4 is 0 Å². The summed E-state index contributed by atoms with van der Waals surface area (Å²) in [6, 6.07) is 66.7. The Hall–Kier alpha value is -7.23. The molecule has 3 aromatic heterocycles. The number of hydrogen-bond acceptors (Lipinski definition) is 3. The molecule has 7 aromatic carbocycles. The van der Waals surface area contributed by atoms with Crippen LogP contribution in [-0.2, 0) is 0 Å². The van der Waals surface area contributed by atoms with Crippen molar-refractivity contribution in [3.8, 4) is 67.2 Å². The second kappa shape index (κ2) is 13.4. The van der Waals surface area contributed by atoms with E-state index in [2.05, 4.69) is 181 Å². The largest absolute Gasteiger partial charge is 0.265 e. The maximum absolute atomic E-state index is 5.31. The molecule has 0 amide bonds. The molecule has 0 atom stereocenters. The van der Waals surface area contributed by atoms with Crippen LogP contribution in [-0.4, -0.2) is 15.0 Å². The molecule has 0 N–H and O–H groups in total. The first-order valence-electron chi connectivity index (χ1n) is 18.3. The van der Waals surface area contributed by atoms with Gasteiger partial charge in [-0.25, -0.2) is 9.97 Å². The molecule has 0 spiro atoms. The van der Waals surface area contributed by atoms with Crippen molar-refractivity contribution < 1.29 is 0 Å². The van der Waals surface area contributed by atoms with Crippen molar-refractivity contribution in [2.75, 3.05) is 0 Å². The average Bonchev–Trinajstić information content (AvgIpc) is 3.26. The van der Waals surface area contributed by atoms with Gasteiger partial charge in [-0.1, -0.05) is 133 Å². The van der Waals surface area contributed by atoms with Crippen molar-refractivity contribution in [1.82, 2.24) is 15.0 Å². The van der Waals surface area contributed by atoms with Crippen molar-refractivity contribution >= 4 is 32.4 Å². The van der Waals surface area contributed by atoms with Gasteiger partial charge in [0.05, 0.1) is 22.6 Å². The van der Waals surface area contributed by atoms with Crippen LogP contribution in [0.2, 0.25) is 0 Å². The lowest BCUT2D eigenvalue weighted by molar-refractivity contribution is 1.32. The topological polar surface area (TPSA) is 38.7 Å². The van der Waals surface area contributed by atoms with E-state index in [0.717, 1.165) is 83.4 Å². The predicted octanol–water partition coefficient (Wildman–Crippen LogP) is 13.3. The summed E-state index contributed by atoms with van der Waals surface area (Å²) in [6.07, 6.45) is 3.73. The third-order valence-electron chi connectivity index (χ3n) is 10.3. The Morgan fingerprint density at radius 2 is 0.796 bits per heavy atom. The van der Waals surface area contributed by atoms with Gasteiger partial charge in [-0.05, 0) is 98.8 Å². The Balaban J connectivity index is 1.28. The van der Waals surface area contributed by atoms with Crippen molar-refractivity contribution in [2.24, 2.45) is 0 Å². The standard InChI is InChI=1S/C51H33N3/c1-4-14-35(15-5-1)48-31-40(32-49(53-48)36-16-6-2-7-17-36)39-28-38(34-24-26-52-27-25-34)29-41(30-39)45-33-46-50(43-21-11-10-20-42(43)45)44-22-12-13-23-47(44)54-51(46)37-18-8-3-9-19-37/h1-33H. The molecule has 3 heterocycles. The summed E-state index contributed by atoms with van der Waals surface area (Å²) in [5.74, 6) is 0. The molecule has 0 aliphatic heterocycles. The van der Waals surface area contributed by atoms with Crippen LogP contribution in [0.1, 0.15) is 0 Å². The molecule has 0 bridgehead atoms. The van der Waals surface area contributed by atoms with Gasteiger partial charge in [0.25, 0.3) is 0 Å². The van der Waals surface area contributed by atoms with Gasteiger partial charge in [0.2, 0.25) is 0 Å². The number of aromatic nitrogens is 3. The lowest BCUT2D eigenvalue weighted by Gasteiger charge is -2.18. The summed E-state index contributed by atoms with van der Waals surface area (Å²) < 4.78 is 0. The second-order valence-corrected chi connectivity index (χ2v) is 13.6. The summed E-state index contributed by atoms with van der Waals surface area (Å²) in [5, 5.41) is 5.91. The fraction of sp³-hybridized carbons (Fsp3) is 0. The minimum atomic E-state index is 0.935. The van der Waals surface area contributed by atoms with E-state index in [0.29, 0.717) is 0 Å². The minimum absolute atomic E-state index is 0.935. The second-order valence-electron chi connectivity index (χ2n) is 13.6. The van der Waals surface area contributed by atoms with Crippen LogP contribution in [0, 0.1) is 0 Å². The zero-order valence-corrected chi connectivity index (χ0v) is 29.4. The molecule has 3 nitrogen and oxygen atoms in total. The zero-order valence-electron chi connectivity index (χ0n) is 29.4. The third-order valence-corrected chi connectivity index (χ3v) is 10.3. The Morgan fingerprint density at radius 3 is 1.44 bits per heavy atom. The summed E-state index contributed by atoms with van der Waals surface area (Å²) in [4.78, 5) is 14.8. The van der Waals surface area contributed by atoms with Gasteiger partial charge in [0, 0.05) is 45.2 Å². The van der Waals surface area contributed by atoms with E-state index >= 15 is 0 Å². The highest BCUT2D eigenvalue weighted by atomic mass is 14.7. The van der Waals surface area contributed by atoms with Gasteiger partial charge < -0.3 is 0 Å². The highest BCUT2D eigenvalue weighted by Gasteiger charge is 2.18. The molecule has 0 fully saturated rings. The summed E-state index contributed by atoms with van der Waals surface area (Å²) in [5.41, 5.74) is 13.8. The van der Waals surface area contributed by atoms with Crippen LogP contribution in [0.15, 0.2) is 200 Å². The Morgan fingerprint density at radius 1 is 0.296 bits per heavy atom. The van der Waals surface area contributed by atoms with E-state index in [-0.39, 0.29) is 0 Å². The molecule has 3 heteroatoms. The molecule has 54 heavy (non-hydrogen) atoms. The van der Waals surface area contributed by atoms with Gasteiger partial charge >= 0.3 is 0 Å². The van der Waals surface area contributed by atoms with Crippen molar-refractivity contribution in [1.29, 1.82) is 0 Å². The Labute approximate surface area is 313 Å². The Kier molecular flexibility index (Phi) is 7.81. The van der Waals surface area contributed by atoms with E-state index in [4.69, 9.17) is 9.97 Å². The van der Waals surface area contributed by atoms with Crippen molar-refractivity contribution in [2.45, 2.75) is 0 Å². The van der Waals surface area contributed by atoms with Crippen molar-refractivity contribution in [3.05, 3.63) is 200 Å². The normalized spacial score (nSPS) is 11.3. The molecule has 252 valence electrons. The lowest BCUT2D eigenvalue weighted by atomic mass is 9.87. The first kappa shape index (κ1) is 31.5. The molecule has 0 saturated heterocycles. The third kappa shape index (κ3) is 5.69. The summed E-state index contributed by atoms with van der Waals surface area (Å²) in [7, 11) is 0. The molecule has 0 saturated carbocycles. The maximum Gasteiger partial charge on any atom is 0.0788 e. The van der Waals surface area contributed by atoms with Gasteiger partial charge in [0.1, 0.15) is 0 Å². The fourth-order valence-corrected chi connectivity index (χ4v) is 7.74. The number of rotatable bonds is 6. The van der Waals surface area contributed by atoms with Crippen LogP contribution in [0.5, 0.6) is 0 Å². The molecule has 0 aliphatic rings. The summed E-state index contributed by atoms with van der Waals surface area (Å²) >= 11 is 0. The number of pyridine rings is 3. The molecule has 10 aromatic rings. The van der Waals surface area contributed by atoms with E-state index < -0.39 is 0 Å². The van der Waals surface area contributed by atoms with Crippen LogP contribution >= 0.6 is 0 Å². The number of nitrogens with zero attached hydrogens (tertiary/aromatic N) is 3. The predicted molar refractivity (Wildman–Crippen MR) is 225 cm³/mol. The molecule has 0 unspecified atom stereocenters. The summed E-state index contributed by atoms with van der Waals surface area (Å²) in [6.45, 7) is 0. The maximum atomic E-state index is 5.31. The molecule has 0 aliphatic carbocycles. The van der Waals surface area contributed by atoms with Gasteiger partial charge in [-0.15, -0.1) is 0 Å². The molecule has 10 rings (SSSR count). The smallest absolute Gasteiger partial charge is 0.0788 e. The van der Waals surface area contributed by atoms with E-state index in [9.17, 15) is 0 Å². The Bertz CT molecular complexity index is 2900. The van der Waals surface area contributed by atoms with Crippen molar-refractivity contribution in [3.63, 3.8) is 0 Å². The van der Waals surface area contributed by atoms with Crippen LogP contribution in [0.25, 0.3) is 99.6 Å². The van der Waals surface area contributed by atoms with E-state index in [1.54, 1.807) is 0 Å². The molecule has 0 radical (unpaired) electrons. The SMILES string of the molecule is c1ccc(-c2cc(-c3cc(-c4ccncc4)cc(-c4cc5c(-c6ccccc6)nc6ccccc6c5c5ccccc45)c3)cc(-c3ccccc3)n2)cc1. The highest BCUT2D eigenvalue weighted by Crippen LogP contribution is 2.43. The first-order valence-corrected chi connectivity index (χ1v) is 18.3. The quantitative estimate of drug-likeness (QED) is 0.163. The average molecular weight is 688 g/mol. The number of benzene rings is 7. The van der Waals surface area contributed by atoms with Gasteiger partial charge in [0.15, 0.2) is 0 Å². The monoisotopic (exact) mass is 687 g/mol. The van der Waals surface area contributed by atoms with Gasteiger partial charge in [-0.3, -0.25) is 4.98 Å². The fourth-order valence-electron chi connectivity index (χ4n) is 7.74. The number of fused-ring (bicyclic) bond motifs is 5. The van der Waals surface area contributed by atoms with E-state index in [1.807, 2.05) is 24.5 Å². The minimum Gasteiger partial charge on any atom is -0.265 e. The number of hydrogen-bond donors (Lipinski definition) is 0. The number of para-hydroxylation sites is 1.